The minimum Gasteiger partial charge on any atom is -0.480 e. The quantitative estimate of drug-likeness (QED) is 0.162. The van der Waals surface area contributed by atoms with Gasteiger partial charge in [-0.15, -0.1) is 0 Å². The summed E-state index contributed by atoms with van der Waals surface area (Å²) < 4.78 is 45.9. The lowest BCUT2D eigenvalue weighted by molar-refractivity contribution is -0.192. The van der Waals surface area contributed by atoms with Crippen molar-refractivity contribution in [3.05, 3.63) is 94.5 Å². The van der Waals surface area contributed by atoms with E-state index in [1.807, 2.05) is 42.5 Å². The van der Waals surface area contributed by atoms with E-state index in [0.29, 0.717) is 5.75 Å². The Morgan fingerprint density at radius 3 is 2.25 bits per heavy atom. The maximum absolute atomic E-state index is 13.7. The molecule has 0 aromatic heterocycles. The zero-order chi connectivity index (χ0) is 32.3. The predicted molar refractivity (Wildman–Crippen MR) is 163 cm³/mol. The maximum atomic E-state index is 13.7. The highest BCUT2D eigenvalue weighted by atomic mass is 79.9. The highest BCUT2D eigenvalue weighted by molar-refractivity contribution is 9.10. The van der Waals surface area contributed by atoms with E-state index in [0.717, 1.165) is 10.0 Å². The fourth-order valence-corrected chi connectivity index (χ4v) is 6.58. The van der Waals surface area contributed by atoms with Crippen LogP contribution in [0, 0.1) is 5.92 Å². The van der Waals surface area contributed by atoms with Crippen LogP contribution >= 0.6 is 15.9 Å². The zero-order valence-electron chi connectivity index (χ0n) is 24.3. The summed E-state index contributed by atoms with van der Waals surface area (Å²) in [5.41, 5.74) is 3.45. The van der Waals surface area contributed by atoms with Crippen LogP contribution in [0.5, 0.6) is 5.75 Å². The normalized spacial score (nSPS) is 16.7. The molecular formula is C31H33BrN2O9S. The van der Waals surface area contributed by atoms with E-state index < -0.39 is 57.7 Å². The van der Waals surface area contributed by atoms with Gasteiger partial charge in [0, 0.05) is 17.8 Å². The summed E-state index contributed by atoms with van der Waals surface area (Å²) in [7, 11) is -4.06. The number of esters is 2. The molecule has 11 nitrogen and oxygen atoms in total. The van der Waals surface area contributed by atoms with Crippen molar-refractivity contribution in [2.24, 2.45) is 11.7 Å². The molecule has 2 atom stereocenters. The Kier molecular flexibility index (Phi) is 9.83. The average molecular weight is 690 g/mol. The SMILES string of the molecule is CC(OC(=O)C(C)C)OC(=O)C(N)(Cc1cccc(S(=O)(=O)N2CC(Oc3cccc(Br)c3)(c3ccccc3)C2)c1)C(=O)O. The van der Waals surface area contributed by atoms with Gasteiger partial charge in [0.05, 0.1) is 23.9 Å². The van der Waals surface area contributed by atoms with Crippen LogP contribution in [0.1, 0.15) is 31.9 Å². The van der Waals surface area contributed by atoms with Crippen molar-refractivity contribution in [2.75, 3.05) is 13.1 Å². The molecule has 13 heteroatoms. The molecular weight excluding hydrogens is 656 g/mol. The molecule has 2 unspecified atom stereocenters. The summed E-state index contributed by atoms with van der Waals surface area (Å²) in [6.07, 6.45) is -1.98. The summed E-state index contributed by atoms with van der Waals surface area (Å²) in [6, 6.07) is 22.1. The second kappa shape index (κ2) is 13.1. The van der Waals surface area contributed by atoms with E-state index in [4.69, 9.17) is 19.9 Å². The van der Waals surface area contributed by atoms with Crippen LogP contribution in [0.25, 0.3) is 0 Å². The molecule has 3 aromatic rings. The third-order valence-corrected chi connectivity index (χ3v) is 9.35. The Morgan fingerprint density at radius 1 is 0.977 bits per heavy atom. The van der Waals surface area contributed by atoms with Crippen LogP contribution in [-0.4, -0.2) is 60.7 Å². The van der Waals surface area contributed by atoms with Crippen LogP contribution in [0.2, 0.25) is 0 Å². The number of carbonyl (C=O) groups excluding carboxylic acids is 2. The maximum Gasteiger partial charge on any atom is 0.341 e. The van der Waals surface area contributed by atoms with Gasteiger partial charge in [-0.25, -0.2) is 18.0 Å². The molecule has 0 radical (unpaired) electrons. The summed E-state index contributed by atoms with van der Waals surface area (Å²) in [6.45, 7) is 4.46. The van der Waals surface area contributed by atoms with Gasteiger partial charge >= 0.3 is 17.9 Å². The molecule has 0 amide bonds. The second-order valence-corrected chi connectivity index (χ2v) is 13.7. The Balaban J connectivity index is 1.54. The van der Waals surface area contributed by atoms with Gasteiger partial charge < -0.3 is 25.1 Å². The topological polar surface area (TPSA) is 163 Å². The molecule has 1 heterocycles. The summed E-state index contributed by atoms with van der Waals surface area (Å²) in [5.74, 6) is -3.62. The molecule has 1 aliphatic rings. The highest BCUT2D eigenvalue weighted by Crippen LogP contribution is 2.40. The number of halogens is 1. The lowest BCUT2D eigenvalue weighted by Crippen LogP contribution is -2.64. The Morgan fingerprint density at radius 2 is 1.64 bits per heavy atom. The Labute approximate surface area is 264 Å². The number of nitrogens with zero attached hydrogens (tertiary/aromatic N) is 1. The fraction of sp³-hybridized carbons (Fsp3) is 0.323. The highest BCUT2D eigenvalue weighted by Gasteiger charge is 2.52. The molecule has 1 fully saturated rings. The number of carboxylic acid groups (broad SMARTS) is 1. The predicted octanol–water partition coefficient (Wildman–Crippen LogP) is 3.84. The van der Waals surface area contributed by atoms with Gasteiger partial charge in [0.25, 0.3) is 0 Å². The van der Waals surface area contributed by atoms with E-state index in [9.17, 15) is 27.9 Å². The van der Waals surface area contributed by atoms with Gasteiger partial charge in [0.1, 0.15) is 5.75 Å². The molecule has 0 bridgehead atoms. The van der Waals surface area contributed by atoms with Crippen LogP contribution in [0.15, 0.2) is 88.2 Å². The van der Waals surface area contributed by atoms with Gasteiger partial charge in [-0.2, -0.15) is 4.31 Å². The van der Waals surface area contributed by atoms with Gasteiger partial charge in [-0.3, -0.25) is 4.79 Å². The second-order valence-electron chi connectivity index (χ2n) is 10.9. The molecule has 3 N–H and O–H groups in total. The molecule has 234 valence electrons. The largest absolute Gasteiger partial charge is 0.480 e. The minimum atomic E-state index is -4.06. The monoisotopic (exact) mass is 688 g/mol. The lowest BCUT2D eigenvalue weighted by Gasteiger charge is -2.48. The van der Waals surface area contributed by atoms with Crippen molar-refractivity contribution in [3.63, 3.8) is 0 Å². The summed E-state index contributed by atoms with van der Waals surface area (Å²) in [4.78, 5) is 36.7. The van der Waals surface area contributed by atoms with Crippen molar-refractivity contribution in [2.45, 2.75) is 49.5 Å². The van der Waals surface area contributed by atoms with Crippen LogP contribution in [0.3, 0.4) is 0 Å². The third-order valence-electron chi connectivity index (χ3n) is 7.06. The van der Waals surface area contributed by atoms with E-state index in [1.165, 1.54) is 35.5 Å². The first-order chi connectivity index (χ1) is 20.7. The zero-order valence-corrected chi connectivity index (χ0v) is 26.7. The number of nitrogens with two attached hydrogens (primary N) is 1. The van der Waals surface area contributed by atoms with Gasteiger partial charge in [0.2, 0.25) is 21.9 Å². The molecule has 0 spiro atoms. The first-order valence-electron chi connectivity index (χ1n) is 13.7. The fourth-order valence-electron chi connectivity index (χ4n) is 4.60. The number of sulfonamides is 1. The van der Waals surface area contributed by atoms with E-state index >= 15 is 0 Å². The first-order valence-corrected chi connectivity index (χ1v) is 15.9. The standard InChI is InChI=1S/C31H33BrN2O9S/c1-20(2)27(35)41-21(3)42-29(38)31(33,28(36)37)17-22-9-7-14-26(15-22)44(39,40)34-18-30(19-34,23-10-5-4-6-11-23)43-25-13-8-12-24(32)16-25/h4-16,20-21H,17-19,33H2,1-3H3,(H,36,37). The number of hydrogen-bond acceptors (Lipinski definition) is 9. The first kappa shape index (κ1) is 33.1. The van der Waals surface area contributed by atoms with E-state index in [1.54, 1.807) is 26.0 Å². The lowest BCUT2D eigenvalue weighted by atomic mass is 9.87. The van der Waals surface area contributed by atoms with E-state index in [-0.39, 0.29) is 23.5 Å². The molecule has 1 aliphatic heterocycles. The molecule has 0 aliphatic carbocycles. The molecule has 44 heavy (non-hydrogen) atoms. The molecule has 3 aromatic carbocycles. The third kappa shape index (κ3) is 7.12. The summed E-state index contributed by atoms with van der Waals surface area (Å²) in [5, 5.41) is 9.84. The van der Waals surface area contributed by atoms with Gasteiger partial charge in [-0.1, -0.05) is 78.3 Å². The number of rotatable bonds is 12. The Hall–Kier alpha value is -3.78. The van der Waals surface area contributed by atoms with Crippen LogP contribution in [-0.2, 0) is 45.9 Å². The van der Waals surface area contributed by atoms with Crippen molar-refractivity contribution in [1.82, 2.24) is 4.31 Å². The molecule has 0 saturated carbocycles. The average Bonchev–Trinajstić information content (AvgIpc) is 2.95. The van der Waals surface area contributed by atoms with Crippen molar-refractivity contribution in [3.8, 4) is 5.75 Å². The number of benzene rings is 3. The van der Waals surface area contributed by atoms with Crippen molar-refractivity contribution >= 4 is 43.9 Å². The van der Waals surface area contributed by atoms with Gasteiger partial charge in [0.15, 0.2) is 5.60 Å². The smallest absolute Gasteiger partial charge is 0.341 e. The number of carboxylic acids is 1. The van der Waals surface area contributed by atoms with Crippen molar-refractivity contribution in [1.29, 1.82) is 0 Å². The van der Waals surface area contributed by atoms with Crippen molar-refractivity contribution < 1.29 is 42.1 Å². The number of hydrogen-bond donors (Lipinski definition) is 2. The summed E-state index contributed by atoms with van der Waals surface area (Å²) >= 11 is 3.43. The van der Waals surface area contributed by atoms with Gasteiger partial charge in [-0.05, 0) is 41.5 Å². The number of aliphatic carboxylic acids is 1. The number of carbonyl (C=O) groups is 3. The van der Waals surface area contributed by atoms with E-state index in [2.05, 4.69) is 15.9 Å². The minimum absolute atomic E-state index is 0.0192. The van der Waals surface area contributed by atoms with Crippen LogP contribution in [0.4, 0.5) is 0 Å². The van der Waals surface area contributed by atoms with Crippen LogP contribution < -0.4 is 10.5 Å². The Bertz CT molecular complexity index is 1640. The molecule has 1 saturated heterocycles. The number of ether oxygens (including phenoxy) is 3. The molecule has 4 rings (SSSR count).